The van der Waals surface area contributed by atoms with Gasteiger partial charge in [0.15, 0.2) is 5.78 Å². The van der Waals surface area contributed by atoms with Gasteiger partial charge in [-0.15, -0.1) is 0 Å². The van der Waals surface area contributed by atoms with E-state index < -0.39 is 10.8 Å². The van der Waals surface area contributed by atoms with Crippen LogP contribution >= 0.6 is 0 Å². The minimum Gasteiger partial charge on any atom is -0.461 e. The number of ether oxygens (including phenoxy) is 1. The van der Waals surface area contributed by atoms with E-state index in [0.29, 0.717) is 24.2 Å². The van der Waals surface area contributed by atoms with Gasteiger partial charge in [-0.05, 0) is 27.8 Å². The van der Waals surface area contributed by atoms with Gasteiger partial charge < -0.3 is 4.74 Å². The minimum absolute atomic E-state index is 0.0199. The number of hydrogen-bond acceptors (Lipinski definition) is 4. The van der Waals surface area contributed by atoms with Crippen LogP contribution in [0.4, 0.5) is 5.69 Å². The Morgan fingerprint density at radius 2 is 1.83 bits per heavy atom. The van der Waals surface area contributed by atoms with E-state index in [9.17, 15) is 14.9 Å². The quantitative estimate of drug-likeness (QED) is 0.396. The molecule has 1 atom stereocenters. The van der Waals surface area contributed by atoms with Crippen LogP contribution in [0.3, 0.4) is 0 Å². The molecule has 0 N–H and O–H groups in total. The fourth-order valence-electron chi connectivity index (χ4n) is 4.78. The van der Waals surface area contributed by atoms with Crippen LogP contribution in [0.25, 0.3) is 10.8 Å². The Morgan fingerprint density at radius 1 is 1.03 bits per heavy atom. The number of hydrogen-bond donors (Lipinski definition) is 0. The van der Waals surface area contributed by atoms with Gasteiger partial charge in [0.2, 0.25) is 0 Å². The minimum atomic E-state index is -0.395. The first-order valence-electron chi connectivity index (χ1n) is 10.0. The third kappa shape index (κ3) is 2.89. The van der Waals surface area contributed by atoms with Gasteiger partial charge in [-0.25, -0.2) is 0 Å². The Bertz CT molecular complexity index is 1250. The normalized spacial score (nSPS) is 19.8. The van der Waals surface area contributed by atoms with Gasteiger partial charge in [0.1, 0.15) is 11.5 Å². The van der Waals surface area contributed by atoms with E-state index in [1.165, 1.54) is 6.07 Å². The second kappa shape index (κ2) is 6.52. The summed E-state index contributed by atoms with van der Waals surface area (Å²) in [7, 11) is 0. The molecular formula is C25H21NO4. The molecule has 0 saturated carbocycles. The summed E-state index contributed by atoms with van der Waals surface area (Å²) in [5, 5.41) is 13.5. The van der Waals surface area contributed by atoms with Crippen molar-refractivity contribution in [2.24, 2.45) is 5.41 Å². The van der Waals surface area contributed by atoms with Crippen LogP contribution in [0.15, 0.2) is 72.0 Å². The van der Waals surface area contributed by atoms with Gasteiger partial charge in [-0.1, -0.05) is 56.3 Å². The Kier molecular flexibility index (Phi) is 4.03. The highest BCUT2D eigenvalue weighted by atomic mass is 16.6. The van der Waals surface area contributed by atoms with Crippen molar-refractivity contribution in [3.8, 4) is 5.75 Å². The van der Waals surface area contributed by atoms with Crippen LogP contribution in [-0.4, -0.2) is 10.7 Å². The Balaban J connectivity index is 1.82. The van der Waals surface area contributed by atoms with Crippen molar-refractivity contribution in [3.05, 3.63) is 93.2 Å². The number of fused-ring (bicyclic) bond motifs is 3. The van der Waals surface area contributed by atoms with Gasteiger partial charge in [-0.2, -0.15) is 0 Å². The number of carbonyl (C=O) groups is 1. The average molecular weight is 399 g/mol. The lowest BCUT2D eigenvalue weighted by atomic mass is 9.69. The number of benzene rings is 3. The van der Waals surface area contributed by atoms with E-state index in [0.717, 1.165) is 27.6 Å². The molecule has 3 aromatic rings. The Morgan fingerprint density at radius 3 is 2.63 bits per heavy atom. The molecule has 3 aromatic carbocycles. The van der Waals surface area contributed by atoms with Crippen LogP contribution in [-0.2, 0) is 4.79 Å². The highest BCUT2D eigenvalue weighted by molar-refractivity contribution is 6.02. The molecule has 0 aromatic heterocycles. The monoisotopic (exact) mass is 399 g/mol. The molecule has 5 rings (SSSR count). The van der Waals surface area contributed by atoms with Crippen molar-refractivity contribution < 1.29 is 14.5 Å². The molecule has 0 fully saturated rings. The maximum atomic E-state index is 13.3. The van der Waals surface area contributed by atoms with Crippen molar-refractivity contribution in [2.45, 2.75) is 32.6 Å². The van der Waals surface area contributed by atoms with Gasteiger partial charge in [0.25, 0.3) is 5.69 Å². The first kappa shape index (κ1) is 18.6. The highest BCUT2D eigenvalue weighted by Gasteiger charge is 2.42. The largest absolute Gasteiger partial charge is 0.461 e. The molecule has 1 heterocycles. The molecule has 30 heavy (non-hydrogen) atoms. The predicted molar refractivity (Wildman–Crippen MR) is 115 cm³/mol. The van der Waals surface area contributed by atoms with Crippen molar-refractivity contribution in [1.29, 1.82) is 0 Å². The van der Waals surface area contributed by atoms with Gasteiger partial charge in [0, 0.05) is 42.0 Å². The maximum Gasteiger partial charge on any atom is 0.269 e. The van der Waals surface area contributed by atoms with E-state index in [4.69, 9.17) is 4.74 Å². The molecule has 5 nitrogen and oxygen atoms in total. The van der Waals surface area contributed by atoms with Crippen molar-refractivity contribution in [1.82, 2.24) is 0 Å². The Hall–Kier alpha value is -3.47. The van der Waals surface area contributed by atoms with Crippen LogP contribution in [0.5, 0.6) is 5.75 Å². The number of nitro benzene ring substituents is 1. The van der Waals surface area contributed by atoms with Crippen LogP contribution in [0.1, 0.15) is 43.7 Å². The van der Waals surface area contributed by atoms with Crippen molar-refractivity contribution in [3.63, 3.8) is 0 Å². The van der Waals surface area contributed by atoms with Crippen LogP contribution in [0, 0.1) is 15.5 Å². The van der Waals surface area contributed by atoms with Crippen molar-refractivity contribution >= 4 is 22.2 Å². The lowest BCUT2D eigenvalue weighted by molar-refractivity contribution is -0.384. The summed E-state index contributed by atoms with van der Waals surface area (Å²) >= 11 is 0. The Labute approximate surface area is 174 Å². The molecule has 0 bridgehead atoms. The average Bonchev–Trinajstić information content (AvgIpc) is 2.71. The lowest BCUT2D eigenvalue weighted by Crippen LogP contribution is -2.33. The molecule has 0 spiro atoms. The second-order valence-electron chi connectivity index (χ2n) is 8.86. The SMILES string of the molecule is CC1(C)CC(=O)C2=C(C1)Oc1ccc3ccccc3c1C2c1cccc([N+](=O)[O-])c1. The standard InChI is InChI=1S/C25H21NO4/c1-25(2)13-19(27)24-21(14-25)30-20-11-10-15-6-3-4-9-18(15)23(20)22(24)16-7-5-8-17(12-16)26(28)29/h3-12,22H,13-14H2,1-2H3. The number of Topliss-reactive ketones (excluding diaryl/α,β-unsaturated/α-hetero) is 1. The smallest absolute Gasteiger partial charge is 0.269 e. The number of nitrogens with zero attached hydrogens (tertiary/aromatic N) is 1. The van der Waals surface area contributed by atoms with E-state index >= 15 is 0 Å². The summed E-state index contributed by atoms with van der Waals surface area (Å²) in [5.41, 5.74) is 2.12. The number of non-ortho nitro benzene ring substituents is 1. The van der Waals surface area contributed by atoms with Gasteiger partial charge in [0.05, 0.1) is 4.92 Å². The molecule has 5 heteroatoms. The van der Waals surface area contributed by atoms with E-state index in [2.05, 4.69) is 13.8 Å². The first-order chi connectivity index (χ1) is 14.3. The zero-order chi connectivity index (χ0) is 21.0. The molecule has 1 aliphatic carbocycles. The van der Waals surface area contributed by atoms with E-state index in [-0.39, 0.29) is 16.9 Å². The second-order valence-corrected chi connectivity index (χ2v) is 8.86. The molecule has 1 unspecified atom stereocenters. The van der Waals surface area contributed by atoms with Crippen LogP contribution in [0.2, 0.25) is 0 Å². The summed E-state index contributed by atoms with van der Waals surface area (Å²) in [5.74, 6) is 1.07. The molecule has 0 radical (unpaired) electrons. The lowest BCUT2D eigenvalue weighted by Gasteiger charge is -2.38. The summed E-state index contributed by atoms with van der Waals surface area (Å²) in [4.78, 5) is 24.4. The molecule has 1 aliphatic heterocycles. The number of nitro groups is 1. The number of ketones is 1. The fourth-order valence-corrected chi connectivity index (χ4v) is 4.78. The number of allylic oxidation sites excluding steroid dienone is 2. The van der Waals surface area contributed by atoms with E-state index in [1.54, 1.807) is 12.1 Å². The maximum absolute atomic E-state index is 13.3. The topological polar surface area (TPSA) is 69.4 Å². The predicted octanol–water partition coefficient (Wildman–Crippen LogP) is 5.92. The summed E-state index contributed by atoms with van der Waals surface area (Å²) in [6.45, 7) is 4.13. The zero-order valence-electron chi connectivity index (χ0n) is 16.8. The highest BCUT2D eigenvalue weighted by Crippen LogP contribution is 2.52. The zero-order valence-corrected chi connectivity index (χ0v) is 16.8. The summed E-state index contributed by atoms with van der Waals surface area (Å²) in [6, 6.07) is 18.5. The van der Waals surface area contributed by atoms with Gasteiger partial charge in [-0.3, -0.25) is 14.9 Å². The molecule has 2 aliphatic rings. The van der Waals surface area contributed by atoms with E-state index in [1.807, 2.05) is 42.5 Å². The first-order valence-corrected chi connectivity index (χ1v) is 10.0. The fraction of sp³-hybridized carbons (Fsp3) is 0.240. The third-order valence-electron chi connectivity index (χ3n) is 6.03. The third-order valence-corrected chi connectivity index (χ3v) is 6.03. The molecular weight excluding hydrogens is 378 g/mol. The molecule has 0 saturated heterocycles. The number of carbonyl (C=O) groups excluding carboxylic acids is 1. The molecule has 0 amide bonds. The summed E-state index contributed by atoms with van der Waals surface area (Å²) < 4.78 is 6.30. The number of rotatable bonds is 2. The van der Waals surface area contributed by atoms with Crippen LogP contribution < -0.4 is 4.74 Å². The molecule has 150 valence electrons. The summed E-state index contributed by atoms with van der Waals surface area (Å²) in [6.07, 6.45) is 1.09. The van der Waals surface area contributed by atoms with Gasteiger partial charge >= 0.3 is 0 Å². The van der Waals surface area contributed by atoms with Crippen molar-refractivity contribution in [2.75, 3.05) is 0 Å².